The molecular weight excluding hydrogens is 839 g/mol. The fourth-order valence-electron chi connectivity index (χ4n) is 10.9. The third kappa shape index (κ3) is 6.56. The van der Waals surface area contributed by atoms with Crippen molar-refractivity contribution in [3.05, 3.63) is 248 Å². The molecule has 0 bridgehead atoms. The Bertz CT molecular complexity index is 4110. The summed E-state index contributed by atoms with van der Waals surface area (Å²) in [6.07, 6.45) is 2.00. The Labute approximate surface area is 399 Å². The molecule has 0 saturated heterocycles. The Hall–Kier alpha value is -8.99. The number of para-hydroxylation sites is 2. The SMILES string of the molecule is c1ccc(-c2ccc(N(c3ccc(-c4cc5ccccc5nc4-c4ccc5c6c(n(-c7ccccc7)c5c4)CCc4ccccc4-6)cc3)c3ccc4c(c3)oc3cc5ccccc5cc34)cc2)cc1. The van der Waals surface area contributed by atoms with Gasteiger partial charge in [-0.15, -0.1) is 0 Å². The first-order valence-corrected chi connectivity index (χ1v) is 23.8. The maximum atomic E-state index is 6.63. The quantitative estimate of drug-likeness (QED) is 0.160. The highest BCUT2D eigenvalue weighted by Crippen LogP contribution is 2.46. The smallest absolute Gasteiger partial charge is 0.137 e. The van der Waals surface area contributed by atoms with Gasteiger partial charge in [-0.2, -0.15) is 0 Å². The van der Waals surface area contributed by atoms with Crippen LogP contribution in [0.2, 0.25) is 0 Å². The van der Waals surface area contributed by atoms with Crippen LogP contribution in [0.1, 0.15) is 11.3 Å². The number of rotatable bonds is 7. The molecule has 0 fully saturated rings. The highest BCUT2D eigenvalue weighted by atomic mass is 16.3. The fourth-order valence-corrected chi connectivity index (χ4v) is 10.9. The number of benzene rings is 10. The predicted octanol–water partition coefficient (Wildman–Crippen LogP) is 17.5. The van der Waals surface area contributed by atoms with Crippen LogP contribution in [0.15, 0.2) is 241 Å². The Kier molecular flexibility index (Phi) is 8.99. The first-order chi connectivity index (χ1) is 34.2. The summed E-state index contributed by atoms with van der Waals surface area (Å²) < 4.78 is 9.12. The highest BCUT2D eigenvalue weighted by Gasteiger charge is 2.26. The molecule has 13 aromatic rings. The van der Waals surface area contributed by atoms with Crippen LogP contribution < -0.4 is 4.90 Å². The summed E-state index contributed by atoms with van der Waals surface area (Å²) in [6, 6.07) is 85.4. The molecule has 69 heavy (non-hydrogen) atoms. The lowest BCUT2D eigenvalue weighted by atomic mass is 9.88. The van der Waals surface area contributed by atoms with E-state index in [4.69, 9.17) is 9.40 Å². The standard InChI is InChI=1S/C65H43N3O/c1-3-13-42(14-4-1)43-23-29-51(30-24-43)67(53-33-35-55-58-37-46-16-7-8-17-47(46)40-62(58)69-63(55)41-53)52-31-25-45(26-32-52)57-38-48-18-10-12-22-59(48)66-65(57)49-27-34-56-61(39-49)68(50-19-5-2-6-20-50)60-36-28-44-15-9-11-21-54(44)64(56)60/h1-27,29-35,37-41H,28,36H2. The molecule has 0 atom stereocenters. The number of hydrogen-bond acceptors (Lipinski definition) is 3. The van der Waals surface area contributed by atoms with Gasteiger partial charge in [0.05, 0.1) is 16.7 Å². The molecule has 0 aliphatic heterocycles. The molecule has 0 N–H and O–H groups in total. The van der Waals surface area contributed by atoms with E-state index in [0.29, 0.717) is 0 Å². The van der Waals surface area contributed by atoms with Gasteiger partial charge in [0.15, 0.2) is 0 Å². The van der Waals surface area contributed by atoms with Gasteiger partial charge in [-0.1, -0.05) is 152 Å². The van der Waals surface area contributed by atoms with Crippen molar-refractivity contribution in [2.24, 2.45) is 0 Å². The molecule has 4 heteroatoms. The van der Waals surface area contributed by atoms with Crippen LogP contribution in [-0.2, 0) is 12.8 Å². The monoisotopic (exact) mass is 881 g/mol. The lowest BCUT2D eigenvalue weighted by Crippen LogP contribution is -2.09. The van der Waals surface area contributed by atoms with Gasteiger partial charge in [0, 0.05) is 72.7 Å². The summed E-state index contributed by atoms with van der Waals surface area (Å²) in [5.74, 6) is 0. The van der Waals surface area contributed by atoms with Crippen molar-refractivity contribution >= 4 is 71.6 Å². The lowest BCUT2D eigenvalue weighted by molar-refractivity contribution is 0.669. The number of anilines is 3. The van der Waals surface area contributed by atoms with Crippen molar-refractivity contribution in [3.63, 3.8) is 0 Å². The van der Waals surface area contributed by atoms with E-state index in [9.17, 15) is 0 Å². The molecule has 0 radical (unpaired) electrons. The third-order valence-corrected chi connectivity index (χ3v) is 14.2. The summed E-state index contributed by atoms with van der Waals surface area (Å²) in [5.41, 5.74) is 20.2. The van der Waals surface area contributed by atoms with Gasteiger partial charge >= 0.3 is 0 Å². The van der Waals surface area contributed by atoms with Crippen molar-refractivity contribution in [2.75, 3.05) is 4.90 Å². The van der Waals surface area contributed by atoms with Crippen LogP contribution in [0, 0.1) is 0 Å². The van der Waals surface area contributed by atoms with Gasteiger partial charge in [0.1, 0.15) is 11.2 Å². The molecule has 3 heterocycles. The van der Waals surface area contributed by atoms with Crippen molar-refractivity contribution < 1.29 is 4.42 Å². The topological polar surface area (TPSA) is 34.2 Å². The number of furan rings is 1. The van der Waals surface area contributed by atoms with E-state index in [1.165, 1.54) is 60.9 Å². The second-order valence-corrected chi connectivity index (χ2v) is 18.2. The van der Waals surface area contributed by atoms with Crippen LogP contribution in [0.3, 0.4) is 0 Å². The lowest BCUT2D eigenvalue weighted by Gasteiger charge is -2.26. The Morgan fingerprint density at radius 2 is 1.01 bits per heavy atom. The van der Waals surface area contributed by atoms with Crippen LogP contribution >= 0.6 is 0 Å². The van der Waals surface area contributed by atoms with Crippen LogP contribution in [-0.4, -0.2) is 9.55 Å². The molecule has 14 rings (SSSR count). The second kappa shape index (κ2) is 15.8. The van der Waals surface area contributed by atoms with E-state index in [-0.39, 0.29) is 0 Å². The maximum absolute atomic E-state index is 6.63. The molecule has 324 valence electrons. The maximum Gasteiger partial charge on any atom is 0.137 e. The van der Waals surface area contributed by atoms with Gasteiger partial charge in [-0.3, -0.25) is 0 Å². The molecule has 3 aromatic heterocycles. The zero-order valence-corrected chi connectivity index (χ0v) is 37.7. The molecular formula is C65H43N3O. The minimum Gasteiger partial charge on any atom is -0.456 e. The number of fused-ring (bicyclic) bond motifs is 10. The normalized spacial score (nSPS) is 12.2. The third-order valence-electron chi connectivity index (χ3n) is 14.2. The minimum atomic E-state index is 0.854. The van der Waals surface area contributed by atoms with E-state index in [1.54, 1.807) is 0 Å². The first-order valence-electron chi connectivity index (χ1n) is 23.8. The van der Waals surface area contributed by atoms with Gasteiger partial charge in [0.25, 0.3) is 0 Å². The van der Waals surface area contributed by atoms with Crippen molar-refractivity contribution in [1.29, 1.82) is 0 Å². The molecule has 0 unspecified atom stereocenters. The number of aromatic nitrogens is 2. The molecule has 1 aliphatic rings. The molecule has 10 aromatic carbocycles. The van der Waals surface area contributed by atoms with E-state index in [0.717, 1.165) is 85.1 Å². The number of pyridine rings is 1. The number of hydrogen-bond donors (Lipinski definition) is 0. The fraction of sp³-hybridized carbons (Fsp3) is 0.0308. The molecule has 1 aliphatic carbocycles. The average Bonchev–Trinajstić information content (AvgIpc) is 3.95. The Morgan fingerprint density at radius 3 is 1.81 bits per heavy atom. The van der Waals surface area contributed by atoms with Gasteiger partial charge in [0.2, 0.25) is 0 Å². The molecule has 0 spiro atoms. The zero-order chi connectivity index (χ0) is 45.4. The summed E-state index contributed by atoms with van der Waals surface area (Å²) in [7, 11) is 0. The van der Waals surface area contributed by atoms with Gasteiger partial charge < -0.3 is 13.9 Å². The number of aryl methyl sites for hydroxylation is 1. The second-order valence-electron chi connectivity index (χ2n) is 18.2. The Balaban J connectivity index is 0.911. The summed E-state index contributed by atoms with van der Waals surface area (Å²) in [4.78, 5) is 7.80. The average molecular weight is 882 g/mol. The van der Waals surface area contributed by atoms with Crippen LogP contribution in [0.4, 0.5) is 17.1 Å². The van der Waals surface area contributed by atoms with E-state index in [2.05, 4.69) is 246 Å². The predicted molar refractivity (Wildman–Crippen MR) is 287 cm³/mol. The first kappa shape index (κ1) is 39.2. The molecule has 0 amide bonds. The van der Waals surface area contributed by atoms with Gasteiger partial charge in [-0.25, -0.2) is 4.98 Å². The largest absolute Gasteiger partial charge is 0.456 e. The van der Waals surface area contributed by atoms with Crippen LogP contribution in [0.5, 0.6) is 0 Å². The van der Waals surface area contributed by atoms with Crippen molar-refractivity contribution in [3.8, 4) is 50.3 Å². The number of nitrogens with zero attached hydrogens (tertiary/aromatic N) is 3. The Morgan fingerprint density at radius 1 is 0.406 bits per heavy atom. The van der Waals surface area contributed by atoms with E-state index < -0.39 is 0 Å². The molecule has 0 saturated carbocycles. The van der Waals surface area contributed by atoms with Crippen LogP contribution in [0.25, 0.3) is 105 Å². The van der Waals surface area contributed by atoms with Crippen molar-refractivity contribution in [1.82, 2.24) is 9.55 Å². The summed E-state index contributed by atoms with van der Waals surface area (Å²) in [5, 5.41) is 6.96. The summed E-state index contributed by atoms with van der Waals surface area (Å²) >= 11 is 0. The van der Waals surface area contributed by atoms with E-state index >= 15 is 0 Å². The minimum absolute atomic E-state index is 0.854. The van der Waals surface area contributed by atoms with Gasteiger partial charge in [-0.05, 0) is 130 Å². The zero-order valence-electron chi connectivity index (χ0n) is 37.7. The van der Waals surface area contributed by atoms with Crippen molar-refractivity contribution in [2.45, 2.75) is 12.8 Å². The highest BCUT2D eigenvalue weighted by molar-refractivity contribution is 6.11. The molecule has 4 nitrogen and oxygen atoms in total. The van der Waals surface area contributed by atoms with E-state index in [1.807, 2.05) is 0 Å². The summed E-state index contributed by atoms with van der Waals surface area (Å²) in [6.45, 7) is 0.